The zero-order chi connectivity index (χ0) is 23.6. The summed E-state index contributed by atoms with van der Waals surface area (Å²) in [5.41, 5.74) is 4.67. The minimum Gasteiger partial charge on any atom is -0.378 e. The summed E-state index contributed by atoms with van der Waals surface area (Å²) in [5.74, 6) is -0.0384. The van der Waals surface area contributed by atoms with E-state index < -0.39 is 10.0 Å². The van der Waals surface area contributed by atoms with Crippen LogP contribution >= 0.6 is 0 Å². The Labute approximate surface area is 198 Å². The number of benzene rings is 2. The van der Waals surface area contributed by atoms with Crippen LogP contribution in [-0.4, -0.2) is 57.8 Å². The van der Waals surface area contributed by atoms with E-state index in [1.165, 1.54) is 17.5 Å². The molecule has 0 atom stereocenters. The first-order valence-corrected chi connectivity index (χ1v) is 13.3. The molecule has 0 aromatic heterocycles. The number of nitrogens with zero attached hydrogens (tertiary/aromatic N) is 3. The molecule has 0 saturated carbocycles. The largest absolute Gasteiger partial charge is 0.378 e. The Morgan fingerprint density at radius 1 is 0.939 bits per heavy atom. The van der Waals surface area contributed by atoms with Gasteiger partial charge in [0.05, 0.1) is 4.90 Å². The van der Waals surface area contributed by atoms with Crippen molar-refractivity contribution in [3.63, 3.8) is 0 Å². The molecular formula is C26H35N3O3S. The average Bonchev–Trinajstić information content (AvgIpc) is 2.83. The predicted octanol–water partition coefficient (Wildman–Crippen LogP) is 3.69. The molecule has 0 N–H and O–H groups in total. The van der Waals surface area contributed by atoms with Gasteiger partial charge in [0.1, 0.15) is 0 Å². The molecule has 1 saturated heterocycles. The normalized spacial score (nSPS) is 17.4. The lowest BCUT2D eigenvalue weighted by molar-refractivity contribution is -0.135. The summed E-state index contributed by atoms with van der Waals surface area (Å²) in [6.45, 7) is 1.34. The van der Waals surface area contributed by atoms with Crippen molar-refractivity contribution in [1.29, 1.82) is 0 Å². The van der Waals surface area contributed by atoms with Gasteiger partial charge in [0, 0.05) is 52.4 Å². The van der Waals surface area contributed by atoms with Crippen molar-refractivity contribution in [1.82, 2.24) is 9.21 Å². The van der Waals surface area contributed by atoms with Crippen molar-refractivity contribution in [3.8, 4) is 0 Å². The molecule has 6 nitrogen and oxygen atoms in total. The number of sulfonamides is 1. The summed E-state index contributed by atoms with van der Waals surface area (Å²) in [7, 11) is 2.32. The van der Waals surface area contributed by atoms with Gasteiger partial charge in [-0.05, 0) is 79.5 Å². The van der Waals surface area contributed by atoms with E-state index in [1.807, 2.05) is 50.3 Å². The second-order valence-corrected chi connectivity index (χ2v) is 11.5. The van der Waals surface area contributed by atoms with Gasteiger partial charge in [0.2, 0.25) is 15.9 Å². The van der Waals surface area contributed by atoms with Crippen LogP contribution in [0.15, 0.2) is 47.4 Å². The summed E-state index contributed by atoms with van der Waals surface area (Å²) in [5, 5.41) is 0. The van der Waals surface area contributed by atoms with E-state index in [0.29, 0.717) is 37.4 Å². The predicted molar refractivity (Wildman–Crippen MR) is 132 cm³/mol. The minimum absolute atomic E-state index is 0.0949. The van der Waals surface area contributed by atoms with Gasteiger partial charge in [0.25, 0.3) is 0 Å². The number of piperidine rings is 1. The SMILES string of the molecule is CN(Cc1ccc(N(C)C)cc1)C(=O)C1CCN(S(=O)(=O)c2ccc3c(c2)CCCC3)CC1. The summed E-state index contributed by atoms with van der Waals surface area (Å²) in [6.07, 6.45) is 5.42. The number of amides is 1. The fourth-order valence-corrected chi connectivity index (χ4v) is 6.45. The van der Waals surface area contributed by atoms with Crippen molar-refractivity contribution in [2.75, 3.05) is 39.1 Å². The molecule has 33 heavy (non-hydrogen) atoms. The van der Waals surface area contributed by atoms with Gasteiger partial charge in [0.15, 0.2) is 0 Å². The molecule has 2 aliphatic rings. The summed E-state index contributed by atoms with van der Waals surface area (Å²) in [6, 6.07) is 13.8. The fourth-order valence-electron chi connectivity index (χ4n) is 4.93. The maximum absolute atomic E-state index is 13.2. The highest BCUT2D eigenvalue weighted by molar-refractivity contribution is 7.89. The third-order valence-corrected chi connectivity index (χ3v) is 8.90. The van der Waals surface area contributed by atoms with Crippen LogP contribution in [0.5, 0.6) is 0 Å². The first-order valence-electron chi connectivity index (χ1n) is 11.9. The van der Waals surface area contributed by atoms with E-state index in [2.05, 4.69) is 12.1 Å². The van der Waals surface area contributed by atoms with Crippen molar-refractivity contribution in [2.24, 2.45) is 5.92 Å². The number of fused-ring (bicyclic) bond motifs is 1. The highest BCUT2D eigenvalue weighted by atomic mass is 32.2. The molecule has 178 valence electrons. The Hall–Kier alpha value is -2.38. The van der Waals surface area contributed by atoms with Gasteiger partial charge in [-0.2, -0.15) is 4.31 Å². The van der Waals surface area contributed by atoms with Crippen LogP contribution in [-0.2, 0) is 34.2 Å². The number of hydrogen-bond donors (Lipinski definition) is 0. The van der Waals surface area contributed by atoms with Gasteiger partial charge in [-0.3, -0.25) is 4.79 Å². The van der Waals surface area contributed by atoms with Gasteiger partial charge >= 0.3 is 0 Å². The zero-order valence-electron chi connectivity index (χ0n) is 20.0. The molecule has 1 aliphatic heterocycles. The summed E-state index contributed by atoms with van der Waals surface area (Å²) in [4.78, 5) is 17.2. The van der Waals surface area contributed by atoms with E-state index in [0.717, 1.165) is 30.5 Å². The van der Waals surface area contributed by atoms with Crippen LogP contribution in [0.2, 0.25) is 0 Å². The number of rotatable bonds is 6. The lowest BCUT2D eigenvalue weighted by atomic mass is 9.92. The van der Waals surface area contributed by atoms with E-state index >= 15 is 0 Å². The van der Waals surface area contributed by atoms with Crippen LogP contribution in [0.1, 0.15) is 42.4 Å². The second kappa shape index (κ2) is 9.85. The number of hydrogen-bond acceptors (Lipinski definition) is 4. The Balaban J connectivity index is 1.35. The number of carbonyl (C=O) groups is 1. The Bertz CT molecular complexity index is 1090. The maximum atomic E-state index is 13.2. The molecule has 1 heterocycles. The smallest absolute Gasteiger partial charge is 0.243 e. The van der Waals surface area contributed by atoms with Crippen LogP contribution in [0.3, 0.4) is 0 Å². The average molecular weight is 470 g/mol. The molecular weight excluding hydrogens is 434 g/mol. The van der Waals surface area contributed by atoms with Gasteiger partial charge in [-0.25, -0.2) is 8.42 Å². The molecule has 4 rings (SSSR count). The molecule has 2 aromatic carbocycles. The lowest BCUT2D eigenvalue weighted by Crippen LogP contribution is -2.43. The summed E-state index contributed by atoms with van der Waals surface area (Å²) >= 11 is 0. The van der Waals surface area contributed by atoms with Crippen molar-refractivity contribution >= 4 is 21.6 Å². The van der Waals surface area contributed by atoms with Crippen LogP contribution in [0.25, 0.3) is 0 Å². The molecule has 7 heteroatoms. The maximum Gasteiger partial charge on any atom is 0.243 e. The standard InChI is InChI=1S/C26H35N3O3S/c1-27(2)24-11-8-20(9-12-24)19-28(3)26(30)22-14-16-29(17-15-22)33(31,32)25-13-10-21-6-4-5-7-23(21)18-25/h8-13,18,22H,4-7,14-17,19H2,1-3H3. The first-order chi connectivity index (χ1) is 15.8. The van der Waals surface area contributed by atoms with E-state index in [-0.39, 0.29) is 11.8 Å². The number of anilines is 1. The number of aryl methyl sites for hydroxylation is 2. The molecule has 1 aliphatic carbocycles. The van der Waals surface area contributed by atoms with Crippen molar-refractivity contribution in [3.05, 3.63) is 59.2 Å². The molecule has 2 aromatic rings. The van der Waals surface area contributed by atoms with Gasteiger partial charge in [-0.15, -0.1) is 0 Å². The topological polar surface area (TPSA) is 60.9 Å². The van der Waals surface area contributed by atoms with Gasteiger partial charge in [-0.1, -0.05) is 18.2 Å². The monoisotopic (exact) mass is 469 g/mol. The third-order valence-electron chi connectivity index (χ3n) is 7.01. The highest BCUT2D eigenvalue weighted by Crippen LogP contribution is 2.29. The quantitative estimate of drug-likeness (QED) is 0.647. The number of carbonyl (C=O) groups excluding carboxylic acids is 1. The fraction of sp³-hybridized carbons (Fsp3) is 0.500. The highest BCUT2D eigenvalue weighted by Gasteiger charge is 2.33. The third kappa shape index (κ3) is 5.25. The molecule has 0 radical (unpaired) electrons. The van der Waals surface area contributed by atoms with Crippen LogP contribution in [0, 0.1) is 5.92 Å². The molecule has 0 spiro atoms. The second-order valence-electron chi connectivity index (χ2n) is 9.57. The van der Waals surface area contributed by atoms with Crippen molar-refractivity contribution in [2.45, 2.75) is 50.0 Å². The molecule has 1 fully saturated rings. The van der Waals surface area contributed by atoms with E-state index in [9.17, 15) is 13.2 Å². The lowest BCUT2D eigenvalue weighted by Gasteiger charge is -2.32. The summed E-state index contributed by atoms with van der Waals surface area (Å²) < 4.78 is 28.0. The molecule has 0 bridgehead atoms. The minimum atomic E-state index is -3.52. The first kappa shape index (κ1) is 23.8. The Morgan fingerprint density at radius 2 is 1.58 bits per heavy atom. The zero-order valence-corrected chi connectivity index (χ0v) is 20.8. The molecule has 1 amide bonds. The molecule has 0 unspecified atom stereocenters. The van der Waals surface area contributed by atoms with E-state index in [4.69, 9.17) is 0 Å². The Kier molecular flexibility index (Phi) is 7.10. The van der Waals surface area contributed by atoms with Crippen LogP contribution < -0.4 is 4.90 Å². The van der Waals surface area contributed by atoms with Crippen molar-refractivity contribution < 1.29 is 13.2 Å². The Morgan fingerprint density at radius 3 is 2.21 bits per heavy atom. The van der Waals surface area contributed by atoms with E-state index in [1.54, 1.807) is 15.3 Å². The van der Waals surface area contributed by atoms with Crippen LogP contribution in [0.4, 0.5) is 5.69 Å². The van der Waals surface area contributed by atoms with Gasteiger partial charge < -0.3 is 9.80 Å².